The van der Waals surface area contributed by atoms with Crippen molar-refractivity contribution >= 4 is 45.9 Å². The summed E-state index contributed by atoms with van der Waals surface area (Å²) in [4.78, 5) is 1.61. The van der Waals surface area contributed by atoms with Crippen LogP contribution < -0.4 is 34.4 Å². The summed E-state index contributed by atoms with van der Waals surface area (Å²) in [5.74, 6) is 0. The highest BCUT2D eigenvalue weighted by Crippen LogP contribution is 2.48. The minimum Gasteiger partial charge on any atom is -0.399 e. The molecule has 0 bridgehead atoms. The second-order valence-corrected chi connectivity index (χ2v) is 8.26. The molecule has 6 nitrogen and oxygen atoms in total. The lowest BCUT2D eigenvalue weighted by Crippen LogP contribution is -2.01. The standard InChI is InChI=1S/C24H24N6S/c25-15-5-1-13(2-6-15)17-9-11-19(27)21(29)23(17)31-24-18(10-12-20(28)22(24)30)14-3-7-16(26)8-4-14/h1-12H,25-30H2. The Morgan fingerprint density at radius 3 is 1.13 bits per heavy atom. The van der Waals surface area contributed by atoms with E-state index in [2.05, 4.69) is 0 Å². The fraction of sp³-hybridized carbons (Fsp3) is 0. The van der Waals surface area contributed by atoms with Gasteiger partial charge in [0.05, 0.1) is 22.7 Å². The van der Waals surface area contributed by atoms with Crippen LogP contribution in [-0.4, -0.2) is 0 Å². The van der Waals surface area contributed by atoms with Crippen LogP contribution in [0, 0.1) is 0 Å². The first-order valence-electron chi connectivity index (χ1n) is 9.60. The van der Waals surface area contributed by atoms with Crippen LogP contribution in [0.4, 0.5) is 34.1 Å². The van der Waals surface area contributed by atoms with E-state index in [9.17, 15) is 0 Å². The van der Waals surface area contributed by atoms with E-state index in [0.29, 0.717) is 34.1 Å². The van der Waals surface area contributed by atoms with Gasteiger partial charge in [-0.1, -0.05) is 48.2 Å². The molecule has 0 heterocycles. The highest BCUT2D eigenvalue weighted by molar-refractivity contribution is 8.00. The van der Waals surface area contributed by atoms with E-state index in [1.54, 1.807) is 12.1 Å². The van der Waals surface area contributed by atoms with E-state index in [1.165, 1.54) is 11.8 Å². The van der Waals surface area contributed by atoms with Crippen molar-refractivity contribution in [3.8, 4) is 22.3 Å². The molecule has 4 rings (SSSR count). The molecule has 0 fully saturated rings. The monoisotopic (exact) mass is 428 g/mol. The summed E-state index contributed by atoms with van der Waals surface area (Å²) in [5, 5.41) is 0. The van der Waals surface area contributed by atoms with Crippen molar-refractivity contribution in [3.05, 3.63) is 72.8 Å². The number of hydrogen-bond acceptors (Lipinski definition) is 7. The summed E-state index contributed by atoms with van der Waals surface area (Å²) >= 11 is 1.45. The zero-order valence-corrected chi connectivity index (χ0v) is 17.6. The fourth-order valence-electron chi connectivity index (χ4n) is 3.33. The Hall–Kier alpha value is -3.97. The molecule has 0 unspecified atom stereocenters. The molecule has 0 aliphatic carbocycles. The number of hydrogen-bond donors (Lipinski definition) is 6. The highest BCUT2D eigenvalue weighted by atomic mass is 32.2. The first-order chi connectivity index (χ1) is 14.8. The van der Waals surface area contributed by atoms with Crippen LogP contribution in [-0.2, 0) is 0 Å². The molecule has 12 N–H and O–H groups in total. The maximum Gasteiger partial charge on any atom is 0.0695 e. The largest absolute Gasteiger partial charge is 0.399 e. The number of nitrogen functional groups attached to an aromatic ring is 6. The molecule has 31 heavy (non-hydrogen) atoms. The summed E-state index contributed by atoms with van der Waals surface area (Å²) in [6, 6.07) is 22.7. The Labute approximate surface area is 185 Å². The van der Waals surface area contributed by atoms with Gasteiger partial charge in [0.1, 0.15) is 0 Å². The van der Waals surface area contributed by atoms with E-state index in [1.807, 2.05) is 60.7 Å². The molecule has 0 aliphatic heterocycles. The molecular weight excluding hydrogens is 404 g/mol. The van der Waals surface area contributed by atoms with Crippen LogP contribution >= 0.6 is 11.8 Å². The van der Waals surface area contributed by atoms with Gasteiger partial charge in [0, 0.05) is 21.2 Å². The van der Waals surface area contributed by atoms with Crippen LogP contribution in [0.5, 0.6) is 0 Å². The van der Waals surface area contributed by atoms with Crippen LogP contribution in [0.15, 0.2) is 82.6 Å². The quantitative estimate of drug-likeness (QED) is 0.258. The SMILES string of the molecule is Nc1ccc(-c2ccc(N)c(N)c2Sc2c(-c3ccc(N)cc3)ccc(N)c2N)cc1. The normalized spacial score (nSPS) is 10.8. The van der Waals surface area contributed by atoms with Crippen molar-refractivity contribution in [1.29, 1.82) is 0 Å². The number of rotatable bonds is 4. The second kappa shape index (κ2) is 8.04. The van der Waals surface area contributed by atoms with Gasteiger partial charge >= 0.3 is 0 Å². The molecule has 0 atom stereocenters. The maximum atomic E-state index is 6.44. The Bertz CT molecular complexity index is 1150. The van der Waals surface area contributed by atoms with E-state index < -0.39 is 0 Å². The van der Waals surface area contributed by atoms with Crippen molar-refractivity contribution in [3.63, 3.8) is 0 Å². The summed E-state index contributed by atoms with van der Waals surface area (Å²) < 4.78 is 0. The Balaban J connectivity index is 1.90. The van der Waals surface area contributed by atoms with Crippen molar-refractivity contribution in [2.75, 3.05) is 34.4 Å². The van der Waals surface area contributed by atoms with Gasteiger partial charge in [-0.05, 0) is 58.7 Å². The topological polar surface area (TPSA) is 156 Å². The molecule has 0 amide bonds. The minimum atomic E-state index is 0.490. The van der Waals surface area contributed by atoms with Gasteiger partial charge in [-0.2, -0.15) is 0 Å². The van der Waals surface area contributed by atoms with Crippen LogP contribution in [0.2, 0.25) is 0 Å². The molecule has 0 aliphatic rings. The van der Waals surface area contributed by atoms with Gasteiger partial charge in [0.25, 0.3) is 0 Å². The Morgan fingerprint density at radius 2 is 0.774 bits per heavy atom. The second-order valence-electron chi connectivity index (χ2n) is 7.24. The van der Waals surface area contributed by atoms with Gasteiger partial charge in [0.15, 0.2) is 0 Å². The lowest BCUT2D eigenvalue weighted by Gasteiger charge is -2.19. The van der Waals surface area contributed by atoms with Crippen molar-refractivity contribution in [1.82, 2.24) is 0 Å². The molecule has 0 spiro atoms. The van der Waals surface area contributed by atoms with Gasteiger partial charge in [0.2, 0.25) is 0 Å². The van der Waals surface area contributed by atoms with Gasteiger partial charge in [-0.25, -0.2) is 0 Å². The first kappa shape index (κ1) is 20.3. The lowest BCUT2D eigenvalue weighted by molar-refractivity contribution is 1.40. The Morgan fingerprint density at radius 1 is 0.419 bits per heavy atom. The van der Waals surface area contributed by atoms with Crippen LogP contribution in [0.25, 0.3) is 22.3 Å². The average Bonchev–Trinajstić information content (AvgIpc) is 2.76. The minimum absolute atomic E-state index is 0.490. The fourth-order valence-corrected chi connectivity index (χ4v) is 4.58. The van der Waals surface area contributed by atoms with Gasteiger partial charge in [-0.15, -0.1) is 0 Å². The number of benzene rings is 4. The number of nitrogens with two attached hydrogens (primary N) is 6. The zero-order valence-electron chi connectivity index (χ0n) is 16.8. The van der Waals surface area contributed by atoms with Crippen LogP contribution in [0.1, 0.15) is 0 Å². The lowest BCUT2D eigenvalue weighted by atomic mass is 10.0. The predicted octanol–water partition coefficient (Wildman–Crippen LogP) is 4.67. The molecule has 7 heteroatoms. The molecule has 0 radical (unpaired) electrons. The summed E-state index contributed by atoms with van der Waals surface area (Å²) in [5.41, 5.74) is 44.1. The summed E-state index contributed by atoms with van der Waals surface area (Å²) in [6.45, 7) is 0. The van der Waals surface area contributed by atoms with E-state index in [-0.39, 0.29) is 0 Å². The van der Waals surface area contributed by atoms with Crippen molar-refractivity contribution < 1.29 is 0 Å². The summed E-state index contributed by atoms with van der Waals surface area (Å²) in [7, 11) is 0. The molecular formula is C24H24N6S. The molecule has 0 saturated heterocycles. The third-order valence-electron chi connectivity index (χ3n) is 5.11. The van der Waals surface area contributed by atoms with Crippen LogP contribution in [0.3, 0.4) is 0 Å². The molecule has 0 aromatic heterocycles. The van der Waals surface area contributed by atoms with Crippen molar-refractivity contribution in [2.24, 2.45) is 0 Å². The molecule has 0 saturated carbocycles. The van der Waals surface area contributed by atoms with Crippen molar-refractivity contribution in [2.45, 2.75) is 9.79 Å². The molecule has 4 aromatic rings. The van der Waals surface area contributed by atoms with E-state index >= 15 is 0 Å². The molecule has 4 aromatic carbocycles. The smallest absolute Gasteiger partial charge is 0.0695 e. The Kier molecular flexibility index (Phi) is 5.27. The summed E-state index contributed by atoms with van der Waals surface area (Å²) in [6.07, 6.45) is 0. The zero-order chi connectivity index (χ0) is 22.1. The third-order valence-corrected chi connectivity index (χ3v) is 6.40. The van der Waals surface area contributed by atoms with E-state index in [4.69, 9.17) is 34.4 Å². The highest BCUT2D eigenvalue weighted by Gasteiger charge is 2.18. The first-order valence-corrected chi connectivity index (χ1v) is 10.4. The average molecular weight is 429 g/mol. The molecule has 156 valence electrons. The van der Waals surface area contributed by atoms with Gasteiger partial charge < -0.3 is 34.4 Å². The third kappa shape index (κ3) is 3.91. The van der Waals surface area contributed by atoms with Gasteiger partial charge in [-0.3, -0.25) is 0 Å². The predicted molar refractivity (Wildman–Crippen MR) is 134 cm³/mol. The maximum absolute atomic E-state index is 6.44. The number of anilines is 6. The van der Waals surface area contributed by atoms with E-state index in [0.717, 1.165) is 32.0 Å².